The van der Waals surface area contributed by atoms with Crippen molar-refractivity contribution in [2.24, 2.45) is 5.92 Å². The van der Waals surface area contributed by atoms with E-state index >= 15 is 0 Å². The van der Waals surface area contributed by atoms with Crippen LogP contribution in [-0.2, 0) is 24.2 Å². The predicted molar refractivity (Wildman–Crippen MR) is 72.9 cm³/mol. The van der Waals surface area contributed by atoms with Crippen molar-refractivity contribution in [3.05, 3.63) is 28.5 Å². The molecular formula is C13H10ClFO6S. The molecule has 2 rings (SSSR count). The zero-order chi connectivity index (χ0) is 16.7. The fourth-order valence-corrected chi connectivity index (χ4v) is 4.14. The Bertz CT molecular complexity index is 786. The summed E-state index contributed by atoms with van der Waals surface area (Å²) in [6.45, 7) is 1.36. The number of ketones is 2. The van der Waals surface area contributed by atoms with Crippen LogP contribution in [0.15, 0.2) is 17.0 Å². The Morgan fingerprint density at radius 3 is 2.64 bits per heavy atom. The summed E-state index contributed by atoms with van der Waals surface area (Å²) in [6, 6.07) is 2.03. The lowest BCUT2D eigenvalue weighted by molar-refractivity contribution is -0.154. The molecule has 0 saturated carbocycles. The summed E-state index contributed by atoms with van der Waals surface area (Å²) in [5, 5.41) is -0.453. The van der Waals surface area contributed by atoms with Crippen molar-refractivity contribution in [2.45, 2.75) is 11.8 Å². The van der Waals surface area contributed by atoms with Crippen molar-refractivity contribution in [1.29, 1.82) is 0 Å². The van der Waals surface area contributed by atoms with Gasteiger partial charge in [0.1, 0.15) is 10.8 Å². The lowest BCUT2D eigenvalue weighted by Crippen LogP contribution is -2.40. The van der Waals surface area contributed by atoms with E-state index in [9.17, 15) is 27.2 Å². The zero-order valence-corrected chi connectivity index (χ0v) is 12.8. The van der Waals surface area contributed by atoms with Gasteiger partial charge in [-0.1, -0.05) is 11.6 Å². The van der Waals surface area contributed by atoms with E-state index in [0.717, 1.165) is 12.1 Å². The summed E-state index contributed by atoms with van der Waals surface area (Å²) in [5.41, 5.74) is -0.490. The van der Waals surface area contributed by atoms with Crippen molar-refractivity contribution in [1.82, 2.24) is 0 Å². The van der Waals surface area contributed by atoms with Crippen LogP contribution >= 0.6 is 11.6 Å². The number of hydrogen-bond acceptors (Lipinski definition) is 6. The number of ether oxygens (including phenoxy) is 1. The maximum Gasteiger partial charge on any atom is 0.375 e. The summed E-state index contributed by atoms with van der Waals surface area (Å²) >= 11 is 5.52. The Kier molecular flexibility index (Phi) is 4.35. The third-order valence-corrected chi connectivity index (χ3v) is 5.21. The number of rotatable bonds is 3. The molecule has 1 heterocycles. The van der Waals surface area contributed by atoms with Gasteiger partial charge < -0.3 is 4.74 Å². The van der Waals surface area contributed by atoms with Gasteiger partial charge in [0.15, 0.2) is 21.4 Å². The molecule has 0 aromatic heterocycles. The maximum absolute atomic E-state index is 13.9. The van der Waals surface area contributed by atoms with E-state index in [1.807, 2.05) is 0 Å². The van der Waals surface area contributed by atoms with Crippen molar-refractivity contribution in [2.75, 3.05) is 12.4 Å². The van der Waals surface area contributed by atoms with Crippen LogP contribution in [0.5, 0.6) is 0 Å². The van der Waals surface area contributed by atoms with E-state index in [1.54, 1.807) is 0 Å². The van der Waals surface area contributed by atoms with Gasteiger partial charge in [0.05, 0.1) is 17.4 Å². The minimum absolute atomic E-state index is 0.0982. The van der Waals surface area contributed by atoms with Gasteiger partial charge in [0.2, 0.25) is 0 Å². The largest absolute Gasteiger partial charge is 0.460 e. The average Bonchev–Trinajstić information content (AvgIpc) is 2.45. The van der Waals surface area contributed by atoms with E-state index in [-0.39, 0.29) is 6.61 Å². The molecule has 0 amide bonds. The topological polar surface area (TPSA) is 94.6 Å². The molecule has 1 aromatic rings. The minimum Gasteiger partial charge on any atom is -0.460 e. The van der Waals surface area contributed by atoms with E-state index < -0.39 is 60.3 Å². The molecule has 9 heteroatoms. The quantitative estimate of drug-likeness (QED) is 0.463. The lowest BCUT2D eigenvalue weighted by atomic mass is 9.94. The van der Waals surface area contributed by atoms with Crippen LogP contribution < -0.4 is 0 Å². The highest BCUT2D eigenvalue weighted by atomic mass is 35.5. The molecule has 1 aromatic carbocycles. The molecule has 0 fully saturated rings. The van der Waals surface area contributed by atoms with E-state index in [1.165, 1.54) is 6.92 Å². The van der Waals surface area contributed by atoms with Crippen LogP contribution in [0.1, 0.15) is 17.3 Å². The first-order valence-electron chi connectivity index (χ1n) is 6.16. The molecule has 0 bridgehead atoms. The number of hydrogen-bond donors (Lipinski definition) is 0. The Balaban J connectivity index is 2.55. The van der Waals surface area contributed by atoms with Gasteiger partial charge in [0.25, 0.3) is 5.78 Å². The first kappa shape index (κ1) is 16.6. The number of benzene rings is 1. The monoisotopic (exact) mass is 348 g/mol. The normalized spacial score (nSPS) is 19.4. The Morgan fingerprint density at radius 2 is 2.05 bits per heavy atom. The van der Waals surface area contributed by atoms with Crippen LogP contribution in [0, 0.1) is 11.7 Å². The lowest BCUT2D eigenvalue weighted by Gasteiger charge is -2.22. The molecular weight excluding hydrogens is 339 g/mol. The number of esters is 1. The fraction of sp³-hybridized carbons (Fsp3) is 0.308. The van der Waals surface area contributed by atoms with Crippen molar-refractivity contribution in [3.8, 4) is 0 Å². The summed E-state index contributed by atoms with van der Waals surface area (Å²) in [5.74, 6) is -7.48. The first-order chi connectivity index (χ1) is 10.2. The summed E-state index contributed by atoms with van der Waals surface area (Å²) < 4.78 is 42.7. The van der Waals surface area contributed by atoms with Gasteiger partial charge in [-0.15, -0.1) is 0 Å². The molecule has 0 saturated heterocycles. The minimum atomic E-state index is -4.28. The standard InChI is InChI=1S/C13H10ClFO6S/c1-2-21-13(18)11(17)7-5-22(19,20)12-6(10(7)16)3-4-8(14)9(12)15/h3-4,7H,2,5H2,1H3. The number of carbonyl (C=O) groups is 3. The molecule has 118 valence electrons. The van der Waals surface area contributed by atoms with Crippen LogP contribution in [0.4, 0.5) is 4.39 Å². The highest BCUT2D eigenvalue weighted by molar-refractivity contribution is 7.91. The number of fused-ring (bicyclic) bond motifs is 1. The van der Waals surface area contributed by atoms with Gasteiger partial charge in [-0.2, -0.15) is 0 Å². The van der Waals surface area contributed by atoms with Gasteiger partial charge in [-0.3, -0.25) is 9.59 Å². The second-order valence-corrected chi connectivity index (χ2v) is 6.90. The molecule has 1 aliphatic rings. The zero-order valence-electron chi connectivity index (χ0n) is 11.3. The van der Waals surface area contributed by atoms with Crippen LogP contribution in [0.25, 0.3) is 0 Å². The van der Waals surface area contributed by atoms with Crippen molar-refractivity contribution in [3.63, 3.8) is 0 Å². The number of carbonyl (C=O) groups excluding carboxylic acids is 3. The summed E-state index contributed by atoms with van der Waals surface area (Å²) in [4.78, 5) is 34.7. The van der Waals surface area contributed by atoms with Crippen molar-refractivity contribution >= 4 is 39.0 Å². The second kappa shape index (κ2) is 5.77. The van der Waals surface area contributed by atoms with Crippen LogP contribution in [0.2, 0.25) is 5.02 Å². The number of sulfone groups is 1. The molecule has 1 aliphatic heterocycles. The Morgan fingerprint density at radius 1 is 1.41 bits per heavy atom. The third kappa shape index (κ3) is 2.64. The Hall–Kier alpha value is -1.80. The Labute approximate surface area is 130 Å². The highest BCUT2D eigenvalue weighted by Gasteiger charge is 2.45. The van der Waals surface area contributed by atoms with E-state index in [4.69, 9.17) is 11.6 Å². The fourth-order valence-electron chi connectivity index (χ4n) is 2.14. The molecule has 0 spiro atoms. The molecule has 0 radical (unpaired) electrons. The number of Topliss-reactive ketones (excluding diaryl/α,β-unsaturated/α-hetero) is 2. The predicted octanol–water partition coefficient (Wildman–Crippen LogP) is 1.20. The summed E-state index contributed by atoms with van der Waals surface area (Å²) in [7, 11) is -4.28. The molecule has 1 unspecified atom stereocenters. The summed E-state index contributed by atoms with van der Waals surface area (Å²) in [6.07, 6.45) is 0. The van der Waals surface area contributed by atoms with E-state index in [0.29, 0.717) is 0 Å². The van der Waals surface area contributed by atoms with Gasteiger partial charge in [-0.05, 0) is 19.1 Å². The van der Waals surface area contributed by atoms with Crippen LogP contribution in [0.3, 0.4) is 0 Å². The van der Waals surface area contributed by atoms with Crippen molar-refractivity contribution < 1.29 is 31.9 Å². The second-order valence-electron chi connectivity index (χ2n) is 4.52. The third-order valence-electron chi connectivity index (χ3n) is 3.12. The molecule has 22 heavy (non-hydrogen) atoms. The smallest absolute Gasteiger partial charge is 0.375 e. The maximum atomic E-state index is 13.9. The van der Waals surface area contributed by atoms with Crippen LogP contribution in [-0.4, -0.2) is 38.3 Å². The number of halogens is 2. The molecule has 0 aliphatic carbocycles. The van der Waals surface area contributed by atoms with E-state index in [2.05, 4.69) is 4.74 Å². The highest BCUT2D eigenvalue weighted by Crippen LogP contribution is 2.34. The molecule has 6 nitrogen and oxygen atoms in total. The van der Waals surface area contributed by atoms with Gasteiger partial charge >= 0.3 is 5.97 Å². The van der Waals surface area contributed by atoms with Gasteiger partial charge in [-0.25, -0.2) is 17.6 Å². The first-order valence-corrected chi connectivity index (χ1v) is 8.19. The SMILES string of the molecule is CCOC(=O)C(=O)C1CS(=O)(=O)c2c(ccc(Cl)c2F)C1=O. The molecule has 1 atom stereocenters. The average molecular weight is 349 g/mol. The molecule has 0 N–H and O–H groups in total. The van der Waals surface area contributed by atoms with Gasteiger partial charge in [0, 0.05) is 5.56 Å².